The Morgan fingerprint density at radius 2 is 1.78 bits per heavy atom. The number of amides is 1. The van der Waals surface area contributed by atoms with Crippen LogP contribution in [-0.2, 0) is 11.3 Å². The molecule has 18 heavy (non-hydrogen) atoms. The minimum Gasteiger partial charge on any atom is -0.444 e. The molecule has 0 radical (unpaired) electrons. The molecule has 0 aromatic heterocycles. The van der Waals surface area contributed by atoms with Crippen molar-refractivity contribution in [2.24, 2.45) is 0 Å². The number of carbonyl (C=O) groups is 1. The molecule has 1 aromatic rings. The molecule has 0 saturated heterocycles. The normalized spacial score (nSPS) is 10.4. The van der Waals surface area contributed by atoms with Crippen molar-refractivity contribution in [2.45, 2.75) is 32.9 Å². The predicted octanol–water partition coefficient (Wildman–Crippen LogP) is 3.06. The van der Waals surface area contributed by atoms with Crippen LogP contribution in [0.1, 0.15) is 26.3 Å². The average molecular weight is 273 g/mol. The number of rotatable bonds is 2. The van der Waals surface area contributed by atoms with E-state index in [-0.39, 0.29) is 18.5 Å². The van der Waals surface area contributed by atoms with Gasteiger partial charge in [0, 0.05) is 19.3 Å². The molecule has 5 heteroatoms. The van der Waals surface area contributed by atoms with Crippen LogP contribution < -0.4 is 5.73 Å². The lowest BCUT2D eigenvalue weighted by molar-refractivity contribution is 0.0285. The van der Waals surface area contributed by atoms with Crippen molar-refractivity contribution in [3.63, 3.8) is 0 Å². The highest BCUT2D eigenvalue weighted by Crippen LogP contribution is 2.12. The maximum Gasteiger partial charge on any atom is 0.410 e. The van der Waals surface area contributed by atoms with Crippen molar-refractivity contribution in [3.8, 4) is 0 Å². The number of anilines is 1. The number of nitrogens with zero attached hydrogens (tertiary/aromatic N) is 1. The van der Waals surface area contributed by atoms with Crippen LogP contribution >= 0.6 is 12.4 Å². The highest BCUT2D eigenvalue weighted by atomic mass is 35.5. The van der Waals surface area contributed by atoms with Crippen molar-refractivity contribution in [3.05, 3.63) is 29.8 Å². The number of nitrogen functional groups attached to an aromatic ring is 1. The van der Waals surface area contributed by atoms with Crippen LogP contribution in [0.5, 0.6) is 0 Å². The van der Waals surface area contributed by atoms with Crippen LogP contribution in [0, 0.1) is 0 Å². The Balaban J connectivity index is 0.00000289. The third-order valence-electron chi connectivity index (χ3n) is 2.10. The molecule has 0 bridgehead atoms. The first-order valence-corrected chi connectivity index (χ1v) is 5.56. The molecule has 1 amide bonds. The van der Waals surface area contributed by atoms with Crippen LogP contribution in [0.2, 0.25) is 0 Å². The summed E-state index contributed by atoms with van der Waals surface area (Å²) in [5.41, 5.74) is 6.87. The van der Waals surface area contributed by atoms with Gasteiger partial charge in [-0.3, -0.25) is 0 Å². The van der Waals surface area contributed by atoms with Gasteiger partial charge < -0.3 is 15.4 Å². The number of halogens is 1. The lowest BCUT2D eigenvalue weighted by Crippen LogP contribution is -2.33. The fraction of sp³-hybridized carbons (Fsp3) is 0.462. The Morgan fingerprint density at radius 3 is 2.22 bits per heavy atom. The third kappa shape index (κ3) is 5.77. The van der Waals surface area contributed by atoms with Gasteiger partial charge in [0.1, 0.15) is 5.60 Å². The second-order valence-corrected chi connectivity index (χ2v) is 5.08. The molecule has 0 atom stereocenters. The predicted molar refractivity (Wildman–Crippen MR) is 75.8 cm³/mol. The summed E-state index contributed by atoms with van der Waals surface area (Å²) in [6.45, 7) is 6.06. The van der Waals surface area contributed by atoms with E-state index in [0.717, 1.165) is 5.56 Å². The van der Waals surface area contributed by atoms with E-state index in [0.29, 0.717) is 12.2 Å². The van der Waals surface area contributed by atoms with Crippen molar-refractivity contribution in [2.75, 3.05) is 12.8 Å². The Bertz CT molecular complexity index is 385. The van der Waals surface area contributed by atoms with Gasteiger partial charge in [-0.1, -0.05) is 12.1 Å². The molecule has 102 valence electrons. The van der Waals surface area contributed by atoms with Gasteiger partial charge >= 0.3 is 6.09 Å². The van der Waals surface area contributed by atoms with E-state index in [1.165, 1.54) is 4.90 Å². The average Bonchev–Trinajstić information content (AvgIpc) is 2.19. The van der Waals surface area contributed by atoms with Crippen molar-refractivity contribution in [1.29, 1.82) is 0 Å². The molecular weight excluding hydrogens is 252 g/mol. The Labute approximate surface area is 115 Å². The van der Waals surface area contributed by atoms with Crippen LogP contribution in [0.25, 0.3) is 0 Å². The van der Waals surface area contributed by atoms with E-state index >= 15 is 0 Å². The van der Waals surface area contributed by atoms with Crippen molar-refractivity contribution >= 4 is 24.2 Å². The zero-order valence-corrected chi connectivity index (χ0v) is 12.1. The van der Waals surface area contributed by atoms with Crippen molar-refractivity contribution in [1.82, 2.24) is 4.90 Å². The summed E-state index contributed by atoms with van der Waals surface area (Å²) in [6, 6.07) is 7.43. The first-order valence-electron chi connectivity index (χ1n) is 5.56. The van der Waals surface area contributed by atoms with E-state index in [1.54, 1.807) is 7.05 Å². The second-order valence-electron chi connectivity index (χ2n) is 5.08. The molecule has 0 unspecified atom stereocenters. The molecule has 1 aromatic carbocycles. The van der Waals surface area contributed by atoms with Crippen LogP contribution in [0.15, 0.2) is 24.3 Å². The minimum absolute atomic E-state index is 0. The monoisotopic (exact) mass is 272 g/mol. The SMILES string of the molecule is CN(Cc1ccc(N)cc1)C(=O)OC(C)(C)C.Cl. The number of nitrogens with two attached hydrogens (primary N) is 1. The fourth-order valence-electron chi connectivity index (χ4n) is 1.30. The molecule has 1 rings (SSSR count). The highest BCUT2D eigenvalue weighted by Gasteiger charge is 2.19. The summed E-state index contributed by atoms with van der Waals surface area (Å²) >= 11 is 0. The first-order chi connectivity index (χ1) is 7.78. The topological polar surface area (TPSA) is 55.6 Å². The molecule has 0 aliphatic carbocycles. The number of hydrogen-bond donors (Lipinski definition) is 1. The smallest absolute Gasteiger partial charge is 0.410 e. The Hall–Kier alpha value is -1.42. The summed E-state index contributed by atoms with van der Waals surface area (Å²) in [4.78, 5) is 13.2. The minimum atomic E-state index is -0.466. The Kier molecular flexibility index (Phi) is 5.98. The van der Waals surface area contributed by atoms with Gasteiger partial charge in [0.15, 0.2) is 0 Å². The lowest BCUT2D eigenvalue weighted by atomic mass is 10.2. The van der Waals surface area contributed by atoms with Crippen LogP contribution in [0.3, 0.4) is 0 Å². The molecule has 4 nitrogen and oxygen atoms in total. The van der Waals surface area contributed by atoms with Crippen molar-refractivity contribution < 1.29 is 9.53 Å². The van der Waals surface area contributed by atoms with Gasteiger partial charge in [-0.05, 0) is 38.5 Å². The molecule has 0 aliphatic heterocycles. The molecule has 0 aliphatic rings. The molecule has 0 heterocycles. The summed E-state index contributed by atoms with van der Waals surface area (Å²) in [5.74, 6) is 0. The van der Waals surface area contributed by atoms with E-state index < -0.39 is 5.60 Å². The molecule has 0 saturated carbocycles. The van der Waals surface area contributed by atoms with Gasteiger partial charge in [0.05, 0.1) is 0 Å². The molecule has 0 fully saturated rings. The van der Waals surface area contributed by atoms with E-state index in [4.69, 9.17) is 10.5 Å². The molecular formula is C13H21ClN2O2. The van der Waals surface area contributed by atoms with Gasteiger partial charge in [0.25, 0.3) is 0 Å². The molecule has 0 spiro atoms. The van der Waals surface area contributed by atoms with Gasteiger partial charge in [0.2, 0.25) is 0 Å². The number of benzene rings is 1. The van der Waals surface area contributed by atoms with E-state index in [2.05, 4.69) is 0 Å². The Morgan fingerprint density at radius 1 is 1.28 bits per heavy atom. The number of carbonyl (C=O) groups excluding carboxylic acids is 1. The van der Waals surface area contributed by atoms with Crippen LogP contribution in [0.4, 0.5) is 10.5 Å². The van der Waals surface area contributed by atoms with Gasteiger partial charge in [-0.2, -0.15) is 0 Å². The fourth-order valence-corrected chi connectivity index (χ4v) is 1.30. The molecule has 2 N–H and O–H groups in total. The third-order valence-corrected chi connectivity index (χ3v) is 2.10. The maximum absolute atomic E-state index is 11.7. The standard InChI is InChI=1S/C13H20N2O2.ClH/c1-13(2,3)17-12(16)15(4)9-10-5-7-11(14)8-6-10;/h5-8H,9,14H2,1-4H3;1H. The quantitative estimate of drug-likeness (QED) is 0.842. The first kappa shape index (κ1) is 16.6. The summed E-state index contributed by atoms with van der Waals surface area (Å²) in [6.07, 6.45) is -0.325. The van der Waals surface area contributed by atoms with Crippen LogP contribution in [-0.4, -0.2) is 23.6 Å². The zero-order chi connectivity index (χ0) is 13.1. The van der Waals surface area contributed by atoms with E-state index in [9.17, 15) is 4.79 Å². The van der Waals surface area contributed by atoms with E-state index in [1.807, 2.05) is 45.0 Å². The number of ether oxygens (including phenoxy) is 1. The van der Waals surface area contributed by atoms with Gasteiger partial charge in [-0.25, -0.2) is 4.79 Å². The highest BCUT2D eigenvalue weighted by molar-refractivity contribution is 5.85. The second kappa shape index (κ2) is 6.50. The maximum atomic E-state index is 11.7. The summed E-state index contributed by atoms with van der Waals surface area (Å²) in [7, 11) is 1.71. The van der Waals surface area contributed by atoms with Gasteiger partial charge in [-0.15, -0.1) is 12.4 Å². The number of hydrogen-bond acceptors (Lipinski definition) is 3. The summed E-state index contributed by atoms with van der Waals surface area (Å²) < 4.78 is 5.26. The largest absolute Gasteiger partial charge is 0.444 e. The summed E-state index contributed by atoms with van der Waals surface area (Å²) in [5, 5.41) is 0. The zero-order valence-electron chi connectivity index (χ0n) is 11.3. The lowest BCUT2D eigenvalue weighted by Gasteiger charge is -2.24.